The van der Waals surface area contributed by atoms with Crippen molar-refractivity contribution < 1.29 is 9.90 Å². The number of rotatable bonds is 3. The van der Waals surface area contributed by atoms with Crippen molar-refractivity contribution in [3.63, 3.8) is 0 Å². The molecule has 2 amide bonds. The van der Waals surface area contributed by atoms with E-state index in [1.165, 1.54) is 0 Å². The van der Waals surface area contributed by atoms with Gasteiger partial charge in [-0.1, -0.05) is 6.07 Å². The summed E-state index contributed by atoms with van der Waals surface area (Å²) >= 11 is 0. The molecule has 5 nitrogen and oxygen atoms in total. The second-order valence-electron chi connectivity index (χ2n) is 4.93. The molecule has 2 rings (SSSR count). The highest BCUT2D eigenvalue weighted by molar-refractivity contribution is 5.75. The maximum Gasteiger partial charge on any atom is 0.318 e. The average Bonchev–Trinajstić information content (AvgIpc) is 2.80. The molecule has 18 heavy (non-hydrogen) atoms. The lowest BCUT2D eigenvalue weighted by Gasteiger charge is -2.33. The number of likely N-dealkylation sites (tertiary alicyclic amines) is 1. The molecule has 1 saturated heterocycles. The highest BCUT2D eigenvalue weighted by Gasteiger charge is 2.38. The number of hydrogen-bond donors (Lipinski definition) is 2. The van der Waals surface area contributed by atoms with Gasteiger partial charge in [0.25, 0.3) is 0 Å². The molecule has 1 atom stereocenters. The summed E-state index contributed by atoms with van der Waals surface area (Å²) in [4.78, 5) is 17.8. The number of nitrogens with one attached hydrogen (secondary N) is 1. The van der Waals surface area contributed by atoms with Gasteiger partial charge in [0.1, 0.15) is 0 Å². The van der Waals surface area contributed by atoms with Crippen molar-refractivity contribution in [1.29, 1.82) is 0 Å². The molecule has 0 aromatic carbocycles. The largest absolute Gasteiger partial charge is 0.394 e. The monoisotopic (exact) mass is 249 g/mol. The summed E-state index contributed by atoms with van der Waals surface area (Å²) in [5, 5.41) is 12.3. The van der Waals surface area contributed by atoms with E-state index >= 15 is 0 Å². The summed E-state index contributed by atoms with van der Waals surface area (Å²) in [6.07, 6.45) is 5.23. The van der Waals surface area contributed by atoms with E-state index in [0.717, 1.165) is 18.4 Å². The van der Waals surface area contributed by atoms with Gasteiger partial charge in [0.15, 0.2) is 0 Å². The zero-order valence-electron chi connectivity index (χ0n) is 10.6. The van der Waals surface area contributed by atoms with Crippen molar-refractivity contribution in [2.45, 2.75) is 31.8 Å². The van der Waals surface area contributed by atoms with Gasteiger partial charge in [-0.15, -0.1) is 0 Å². The highest BCUT2D eigenvalue weighted by Crippen LogP contribution is 2.28. The third-order valence-electron chi connectivity index (χ3n) is 3.50. The summed E-state index contributed by atoms with van der Waals surface area (Å²) in [5.41, 5.74) is 0.551. The fraction of sp³-hybridized carbons (Fsp3) is 0.538. The molecule has 1 aromatic heterocycles. The van der Waals surface area contributed by atoms with Crippen LogP contribution in [0, 0.1) is 0 Å². The second kappa shape index (κ2) is 5.35. The first kappa shape index (κ1) is 12.8. The molecule has 0 aliphatic carbocycles. The Labute approximate surface area is 107 Å². The van der Waals surface area contributed by atoms with Crippen LogP contribution in [0.3, 0.4) is 0 Å². The van der Waals surface area contributed by atoms with E-state index in [1.807, 2.05) is 19.1 Å². The maximum atomic E-state index is 12.1. The van der Waals surface area contributed by atoms with Crippen LogP contribution in [0.15, 0.2) is 24.5 Å². The quantitative estimate of drug-likeness (QED) is 0.844. The van der Waals surface area contributed by atoms with Crippen molar-refractivity contribution in [1.82, 2.24) is 15.2 Å². The van der Waals surface area contributed by atoms with E-state index in [-0.39, 0.29) is 12.6 Å². The Morgan fingerprint density at radius 1 is 1.67 bits per heavy atom. The molecule has 0 bridgehead atoms. The van der Waals surface area contributed by atoms with Crippen molar-refractivity contribution in [3.05, 3.63) is 30.1 Å². The predicted molar refractivity (Wildman–Crippen MR) is 67.9 cm³/mol. The van der Waals surface area contributed by atoms with Crippen LogP contribution < -0.4 is 5.32 Å². The van der Waals surface area contributed by atoms with Crippen LogP contribution in [0.5, 0.6) is 0 Å². The smallest absolute Gasteiger partial charge is 0.318 e. The molecule has 2 N–H and O–H groups in total. The van der Waals surface area contributed by atoms with Gasteiger partial charge in [-0.3, -0.25) is 4.98 Å². The van der Waals surface area contributed by atoms with Gasteiger partial charge in [0, 0.05) is 25.5 Å². The lowest BCUT2D eigenvalue weighted by atomic mass is 10.0. The molecule has 1 aliphatic heterocycles. The number of aliphatic hydroxyl groups is 1. The number of carbonyl (C=O) groups excluding carboxylic acids is 1. The standard InChI is InChI=1S/C13H19N3O2/c1-13(10-17)5-3-7-16(13)12(18)15-9-11-4-2-6-14-8-11/h2,4,6,8,17H,3,5,7,9-10H2,1H3,(H,15,18)/t13-/m1/s1. The molecular weight excluding hydrogens is 230 g/mol. The highest BCUT2D eigenvalue weighted by atomic mass is 16.3. The van der Waals surface area contributed by atoms with Crippen molar-refractivity contribution in [2.24, 2.45) is 0 Å². The van der Waals surface area contributed by atoms with Gasteiger partial charge in [-0.2, -0.15) is 0 Å². The molecule has 5 heteroatoms. The number of nitrogens with zero attached hydrogens (tertiary/aromatic N) is 2. The van der Waals surface area contributed by atoms with Gasteiger partial charge in [0.2, 0.25) is 0 Å². The molecule has 0 spiro atoms. The van der Waals surface area contributed by atoms with Crippen LogP contribution >= 0.6 is 0 Å². The first-order valence-corrected chi connectivity index (χ1v) is 6.21. The number of aromatic nitrogens is 1. The topological polar surface area (TPSA) is 65.5 Å². The van der Waals surface area contributed by atoms with Crippen LogP contribution in [0.1, 0.15) is 25.3 Å². The van der Waals surface area contributed by atoms with E-state index < -0.39 is 5.54 Å². The first-order valence-electron chi connectivity index (χ1n) is 6.21. The van der Waals surface area contributed by atoms with E-state index in [4.69, 9.17) is 0 Å². The summed E-state index contributed by atoms with van der Waals surface area (Å²) < 4.78 is 0. The minimum absolute atomic E-state index is 0.00725. The minimum Gasteiger partial charge on any atom is -0.394 e. The molecule has 0 unspecified atom stereocenters. The molecule has 1 aliphatic rings. The Morgan fingerprint density at radius 2 is 2.50 bits per heavy atom. The van der Waals surface area contributed by atoms with E-state index in [0.29, 0.717) is 13.1 Å². The molecule has 1 aromatic rings. The maximum absolute atomic E-state index is 12.1. The number of hydrogen-bond acceptors (Lipinski definition) is 3. The van der Waals surface area contributed by atoms with Crippen LogP contribution in [0.25, 0.3) is 0 Å². The van der Waals surface area contributed by atoms with Gasteiger partial charge in [0.05, 0.1) is 12.1 Å². The van der Waals surface area contributed by atoms with Crippen LogP contribution in [0.4, 0.5) is 4.79 Å². The van der Waals surface area contributed by atoms with Gasteiger partial charge in [-0.25, -0.2) is 4.79 Å². The van der Waals surface area contributed by atoms with Crippen LogP contribution in [-0.2, 0) is 6.54 Å². The van der Waals surface area contributed by atoms with E-state index in [1.54, 1.807) is 17.3 Å². The average molecular weight is 249 g/mol. The third kappa shape index (κ3) is 2.61. The molecule has 0 saturated carbocycles. The molecule has 2 heterocycles. The van der Waals surface area contributed by atoms with E-state index in [9.17, 15) is 9.90 Å². The normalized spacial score (nSPS) is 23.1. The van der Waals surface area contributed by atoms with Gasteiger partial charge < -0.3 is 15.3 Å². The Kier molecular flexibility index (Phi) is 3.81. The molecule has 0 radical (unpaired) electrons. The zero-order chi connectivity index (χ0) is 13.0. The fourth-order valence-corrected chi connectivity index (χ4v) is 2.31. The lowest BCUT2D eigenvalue weighted by Crippen LogP contribution is -2.51. The van der Waals surface area contributed by atoms with Crippen LogP contribution in [-0.4, -0.2) is 39.7 Å². The first-order chi connectivity index (χ1) is 8.65. The van der Waals surface area contributed by atoms with Gasteiger partial charge >= 0.3 is 6.03 Å². The fourth-order valence-electron chi connectivity index (χ4n) is 2.31. The number of pyridine rings is 1. The minimum atomic E-state index is -0.418. The summed E-state index contributed by atoms with van der Waals surface area (Å²) in [7, 11) is 0. The van der Waals surface area contributed by atoms with E-state index in [2.05, 4.69) is 10.3 Å². The number of urea groups is 1. The number of amides is 2. The Bertz CT molecular complexity index is 410. The third-order valence-corrected chi connectivity index (χ3v) is 3.50. The van der Waals surface area contributed by atoms with Crippen molar-refractivity contribution in [3.8, 4) is 0 Å². The number of carbonyl (C=O) groups is 1. The van der Waals surface area contributed by atoms with Crippen LogP contribution in [0.2, 0.25) is 0 Å². The van der Waals surface area contributed by atoms with Crippen molar-refractivity contribution >= 4 is 6.03 Å². The second-order valence-corrected chi connectivity index (χ2v) is 4.93. The summed E-state index contributed by atoms with van der Waals surface area (Å²) in [6.45, 7) is 3.09. The Balaban J connectivity index is 1.92. The van der Waals surface area contributed by atoms with Crippen molar-refractivity contribution in [2.75, 3.05) is 13.2 Å². The number of aliphatic hydroxyl groups excluding tert-OH is 1. The SMILES string of the molecule is C[C@]1(CO)CCCN1C(=O)NCc1cccnc1. The zero-order valence-corrected chi connectivity index (χ0v) is 10.6. The summed E-state index contributed by atoms with van der Waals surface area (Å²) in [6, 6.07) is 3.64. The Hall–Kier alpha value is -1.62. The van der Waals surface area contributed by atoms with Gasteiger partial charge in [-0.05, 0) is 31.4 Å². The summed E-state index contributed by atoms with van der Waals surface area (Å²) in [5.74, 6) is 0. The molecule has 98 valence electrons. The Morgan fingerprint density at radius 3 is 3.17 bits per heavy atom. The molecular formula is C13H19N3O2. The lowest BCUT2D eigenvalue weighted by molar-refractivity contribution is 0.0973. The predicted octanol–water partition coefficient (Wildman–Crippen LogP) is 1.14. The molecule has 1 fully saturated rings.